The molecule has 0 fully saturated rings. The highest BCUT2D eigenvalue weighted by Gasteiger charge is 2.02. The third kappa shape index (κ3) is 19.0. The molecule has 0 heterocycles. The number of rotatable bonds is 18. The van der Waals surface area contributed by atoms with Crippen molar-refractivity contribution in [3.8, 4) is 0 Å². The van der Waals surface area contributed by atoms with E-state index in [1.54, 1.807) is 0 Å². The zero-order valence-corrected chi connectivity index (χ0v) is 15.5. The van der Waals surface area contributed by atoms with Gasteiger partial charge in [-0.25, -0.2) is 4.79 Å². The van der Waals surface area contributed by atoms with Crippen LogP contribution >= 0.6 is 0 Å². The van der Waals surface area contributed by atoms with Crippen molar-refractivity contribution >= 4 is 11.9 Å². The lowest BCUT2D eigenvalue weighted by atomic mass is 10.2. The molecule has 0 unspecified atom stereocenters. The Bertz CT molecular complexity index is 322. The minimum atomic E-state index is -0.408. The van der Waals surface area contributed by atoms with Crippen molar-refractivity contribution in [1.82, 2.24) is 0 Å². The number of unbranched alkanes of at least 4 members (excludes halogenated alkanes) is 2. The molecule has 0 bridgehead atoms. The maximum atomic E-state index is 11.3. The van der Waals surface area contributed by atoms with Crippen LogP contribution in [0.15, 0.2) is 0 Å². The van der Waals surface area contributed by atoms with Gasteiger partial charge >= 0.3 is 11.9 Å². The van der Waals surface area contributed by atoms with E-state index in [2.05, 4.69) is 11.7 Å². The van der Waals surface area contributed by atoms with E-state index in [4.69, 9.17) is 23.7 Å². The summed E-state index contributed by atoms with van der Waals surface area (Å²) in [5.41, 5.74) is 0. The van der Waals surface area contributed by atoms with E-state index >= 15 is 0 Å². The molecule has 25 heavy (non-hydrogen) atoms. The Morgan fingerprint density at radius 1 is 0.680 bits per heavy atom. The zero-order valence-electron chi connectivity index (χ0n) is 15.5. The van der Waals surface area contributed by atoms with Crippen LogP contribution in [0.4, 0.5) is 0 Å². The number of esters is 2. The summed E-state index contributed by atoms with van der Waals surface area (Å²) < 4.78 is 30.4. The molecule has 0 N–H and O–H groups in total. The molecule has 0 aromatic rings. The van der Waals surface area contributed by atoms with Gasteiger partial charge < -0.3 is 28.4 Å². The third-order valence-electron chi connectivity index (χ3n) is 3.04. The average Bonchev–Trinajstić information content (AvgIpc) is 2.61. The summed E-state index contributed by atoms with van der Waals surface area (Å²) in [4.78, 5) is 22.1. The molecule has 8 heteroatoms. The van der Waals surface area contributed by atoms with Gasteiger partial charge in [-0.05, 0) is 6.42 Å². The highest BCUT2D eigenvalue weighted by atomic mass is 16.6. The summed E-state index contributed by atoms with van der Waals surface area (Å²) >= 11 is 0. The predicted molar refractivity (Wildman–Crippen MR) is 90.4 cm³/mol. The Labute approximate surface area is 150 Å². The van der Waals surface area contributed by atoms with Gasteiger partial charge in [-0.15, -0.1) is 0 Å². The lowest BCUT2D eigenvalue weighted by Gasteiger charge is -2.08. The van der Waals surface area contributed by atoms with Gasteiger partial charge in [0.15, 0.2) is 0 Å². The molecular weight excluding hydrogens is 332 g/mol. The van der Waals surface area contributed by atoms with E-state index < -0.39 is 5.97 Å². The van der Waals surface area contributed by atoms with Gasteiger partial charge in [0.2, 0.25) is 0 Å². The Morgan fingerprint density at radius 2 is 1.20 bits per heavy atom. The van der Waals surface area contributed by atoms with Crippen LogP contribution in [0.1, 0.15) is 32.6 Å². The average molecular weight is 364 g/mol. The lowest BCUT2D eigenvalue weighted by molar-refractivity contribution is -0.147. The summed E-state index contributed by atoms with van der Waals surface area (Å²) in [6, 6.07) is 0. The van der Waals surface area contributed by atoms with E-state index in [0.29, 0.717) is 52.7 Å². The highest BCUT2D eigenvalue weighted by Crippen LogP contribution is 2.00. The summed E-state index contributed by atoms with van der Waals surface area (Å²) in [6.07, 6.45) is 3.49. The summed E-state index contributed by atoms with van der Waals surface area (Å²) in [5, 5.41) is 0. The van der Waals surface area contributed by atoms with Crippen molar-refractivity contribution in [1.29, 1.82) is 0 Å². The molecule has 0 rings (SSSR count). The Kier molecular flexibility index (Phi) is 18.2. The fraction of sp³-hybridized carbons (Fsp3) is 0.882. The number of carbonyl (C=O) groups is 2. The first-order chi connectivity index (χ1) is 12.2. The van der Waals surface area contributed by atoms with Crippen LogP contribution in [0.3, 0.4) is 0 Å². The fourth-order valence-electron chi connectivity index (χ4n) is 1.68. The maximum absolute atomic E-state index is 11.3. The zero-order chi connectivity index (χ0) is 18.6. The molecule has 0 aromatic carbocycles. The quantitative estimate of drug-likeness (QED) is 0.266. The van der Waals surface area contributed by atoms with Gasteiger partial charge in [0.25, 0.3) is 0 Å². The van der Waals surface area contributed by atoms with Crippen molar-refractivity contribution in [3.63, 3.8) is 0 Å². The molecule has 0 aliphatic rings. The highest BCUT2D eigenvalue weighted by molar-refractivity contribution is 5.70. The fourth-order valence-corrected chi connectivity index (χ4v) is 1.68. The van der Waals surface area contributed by atoms with Crippen LogP contribution in [0.5, 0.6) is 0 Å². The smallest absolute Gasteiger partial charge is 0.331 e. The second-order valence-electron chi connectivity index (χ2n) is 5.14. The molecular formula is C17H32O8. The van der Waals surface area contributed by atoms with Gasteiger partial charge in [-0.2, -0.15) is 0 Å². The van der Waals surface area contributed by atoms with E-state index in [9.17, 15) is 9.59 Å². The third-order valence-corrected chi connectivity index (χ3v) is 3.04. The van der Waals surface area contributed by atoms with Gasteiger partial charge in [0.05, 0.1) is 53.4 Å². The topological polar surface area (TPSA) is 89.5 Å². The molecule has 0 saturated heterocycles. The summed E-state index contributed by atoms with van der Waals surface area (Å²) in [7, 11) is 1.31. The number of hydrogen-bond donors (Lipinski definition) is 0. The van der Waals surface area contributed by atoms with Crippen LogP contribution < -0.4 is 0 Å². The SMILES string of the molecule is CCCCCC(=O)OCCOCCOCCOCCOCC(=O)OC. The largest absolute Gasteiger partial charge is 0.467 e. The van der Waals surface area contributed by atoms with E-state index in [-0.39, 0.29) is 19.2 Å². The standard InChI is InChI=1S/C17H32O8/c1-3-4-5-6-16(18)25-14-13-23-10-9-21-7-8-22-11-12-24-15-17(19)20-2/h3-15H2,1-2H3. The summed E-state index contributed by atoms with van der Waals surface area (Å²) in [6.45, 7) is 5.18. The van der Waals surface area contributed by atoms with E-state index in [1.165, 1.54) is 7.11 Å². The molecule has 0 atom stereocenters. The lowest BCUT2D eigenvalue weighted by Crippen LogP contribution is -2.16. The number of methoxy groups -OCH3 is 1. The molecule has 148 valence electrons. The van der Waals surface area contributed by atoms with Gasteiger partial charge in [0.1, 0.15) is 13.2 Å². The van der Waals surface area contributed by atoms with Crippen molar-refractivity contribution in [2.24, 2.45) is 0 Å². The van der Waals surface area contributed by atoms with Crippen LogP contribution in [-0.4, -0.2) is 78.5 Å². The van der Waals surface area contributed by atoms with Gasteiger partial charge in [-0.1, -0.05) is 19.8 Å². The Morgan fingerprint density at radius 3 is 1.72 bits per heavy atom. The number of carbonyl (C=O) groups excluding carboxylic acids is 2. The summed E-state index contributed by atoms with van der Waals surface area (Å²) in [5.74, 6) is -0.574. The molecule has 0 aliphatic heterocycles. The molecule has 0 aliphatic carbocycles. The van der Waals surface area contributed by atoms with E-state index in [1.807, 2.05) is 0 Å². The monoisotopic (exact) mass is 364 g/mol. The predicted octanol–water partition coefficient (Wildman–Crippen LogP) is 1.35. The minimum Gasteiger partial charge on any atom is -0.467 e. The van der Waals surface area contributed by atoms with Crippen LogP contribution in [0.25, 0.3) is 0 Å². The molecule has 0 spiro atoms. The van der Waals surface area contributed by atoms with Gasteiger partial charge in [-0.3, -0.25) is 4.79 Å². The van der Waals surface area contributed by atoms with Crippen LogP contribution in [0.2, 0.25) is 0 Å². The first-order valence-corrected chi connectivity index (χ1v) is 8.74. The molecule has 8 nitrogen and oxygen atoms in total. The van der Waals surface area contributed by atoms with Crippen molar-refractivity contribution in [3.05, 3.63) is 0 Å². The minimum absolute atomic E-state index is 0.0677. The van der Waals surface area contributed by atoms with Gasteiger partial charge in [0, 0.05) is 6.42 Å². The Hall–Kier alpha value is -1.22. The Balaban J connectivity index is 3.11. The molecule has 0 amide bonds. The maximum Gasteiger partial charge on any atom is 0.331 e. The van der Waals surface area contributed by atoms with Crippen molar-refractivity contribution in [2.45, 2.75) is 32.6 Å². The molecule has 0 aromatic heterocycles. The van der Waals surface area contributed by atoms with Crippen molar-refractivity contribution in [2.75, 3.05) is 66.6 Å². The molecule has 0 saturated carbocycles. The number of ether oxygens (including phenoxy) is 6. The molecule has 0 radical (unpaired) electrons. The first-order valence-electron chi connectivity index (χ1n) is 8.74. The van der Waals surface area contributed by atoms with E-state index in [0.717, 1.165) is 19.3 Å². The number of hydrogen-bond acceptors (Lipinski definition) is 8. The normalized spacial score (nSPS) is 10.6. The second kappa shape index (κ2) is 19.1. The van der Waals surface area contributed by atoms with Crippen molar-refractivity contribution < 1.29 is 38.0 Å². The second-order valence-corrected chi connectivity index (χ2v) is 5.14. The first kappa shape index (κ1) is 23.8. The van der Waals surface area contributed by atoms with Crippen LogP contribution in [0, 0.1) is 0 Å². The van der Waals surface area contributed by atoms with Crippen LogP contribution in [-0.2, 0) is 38.0 Å².